The van der Waals surface area contributed by atoms with Crippen LogP contribution in [0, 0.1) is 29.4 Å². The lowest BCUT2D eigenvalue weighted by Gasteiger charge is -2.47. The van der Waals surface area contributed by atoms with Crippen LogP contribution in [0.4, 0.5) is 35.1 Å². The van der Waals surface area contributed by atoms with Crippen molar-refractivity contribution in [3.05, 3.63) is 81.9 Å². The molecular formula is C78H108F8N12O14. The number of fused-ring (bicyclic) bond motifs is 3. The number of nitrogens with zero attached hydrogens (tertiary/aromatic N) is 9. The van der Waals surface area contributed by atoms with Crippen molar-refractivity contribution in [1.82, 2.24) is 60.0 Å². The van der Waals surface area contributed by atoms with Crippen LogP contribution >= 0.6 is 0 Å². The maximum Gasteiger partial charge on any atom is 0.422 e. The van der Waals surface area contributed by atoms with Gasteiger partial charge in [0.1, 0.15) is 71.1 Å². The van der Waals surface area contributed by atoms with Crippen LogP contribution in [-0.4, -0.2) is 276 Å². The van der Waals surface area contributed by atoms with E-state index >= 15 is 51.9 Å². The van der Waals surface area contributed by atoms with Crippen LogP contribution < -0.4 is 16.0 Å². The summed E-state index contributed by atoms with van der Waals surface area (Å²) in [7, 11) is 7.89. The van der Waals surface area contributed by atoms with Crippen molar-refractivity contribution in [2.24, 2.45) is 17.8 Å². The van der Waals surface area contributed by atoms with Crippen molar-refractivity contribution in [3.63, 3.8) is 0 Å². The molecule has 2 aromatic rings. The van der Waals surface area contributed by atoms with Crippen molar-refractivity contribution in [3.8, 4) is 0 Å². The minimum atomic E-state index is -5.46. The number of likely N-dealkylation sites (N-methyl/N-ethyl adjacent to an activating group) is 6. The fraction of sp³-hybridized carbons (Fsp3) is 0.667. The van der Waals surface area contributed by atoms with Gasteiger partial charge < -0.3 is 69.5 Å². The number of hydrogen-bond donors (Lipinski definition) is 3. The predicted molar refractivity (Wildman–Crippen MR) is 392 cm³/mol. The van der Waals surface area contributed by atoms with Crippen molar-refractivity contribution in [2.45, 2.75) is 217 Å². The smallest absolute Gasteiger partial charge is 0.378 e. The van der Waals surface area contributed by atoms with Gasteiger partial charge in [-0.15, -0.1) is 0 Å². The molecule has 0 radical (unpaired) electrons. The lowest BCUT2D eigenvalue weighted by molar-refractivity contribution is -0.159. The number of halogens is 8. The molecule has 6 aliphatic rings. The molecular weight excluding hydrogens is 1480 g/mol. The highest BCUT2D eigenvalue weighted by atomic mass is 19.4. The Labute approximate surface area is 648 Å². The molecule has 3 N–H and O–H groups in total. The van der Waals surface area contributed by atoms with Gasteiger partial charge in [-0.2, -0.15) is 26.3 Å². The zero-order valence-electron chi connectivity index (χ0n) is 65.9. The summed E-state index contributed by atoms with van der Waals surface area (Å²) < 4.78 is 126. The minimum Gasteiger partial charge on any atom is -0.378 e. The Morgan fingerprint density at radius 2 is 1.29 bits per heavy atom. The van der Waals surface area contributed by atoms with E-state index in [2.05, 4.69) is 16.0 Å². The second-order valence-corrected chi connectivity index (χ2v) is 31.3. The number of carbonyl (C=O) groups is 12. The second-order valence-electron chi connectivity index (χ2n) is 31.3. The van der Waals surface area contributed by atoms with Crippen LogP contribution in [0.25, 0.3) is 0 Å². The number of hydrogen-bond acceptors (Lipinski definition) is 14. The zero-order valence-corrected chi connectivity index (χ0v) is 65.9. The van der Waals surface area contributed by atoms with E-state index in [1.165, 1.54) is 45.0 Å². The zero-order chi connectivity index (χ0) is 82.8. The molecule has 34 heteroatoms. The summed E-state index contributed by atoms with van der Waals surface area (Å²) in [5, 5.41) is 8.32. The molecule has 112 heavy (non-hydrogen) atoms. The monoisotopic (exact) mass is 1590 g/mol. The standard InChI is InChI=1S/C78H108F8N12O14/c1-13-47(6)65-73(108)91(8)44-63(101)92(9)56-22-17-19-46(5)41-97(72(56)107)60(38-48-23-26-51(27-24-48)77(81,82)83)70(105)90(7)43-61(99)87-55(28-25-49-36-53(79)64(54(80)37-49)78(84,85)86)69(104)98-42-52(112-14-2)39-58(98)68(103)89-76(29-18-30-76)75(110)95(12)66(50-20-15-16-21-50)74(109)94(11)59(71(106)96-31-33-111-34-32-96)40-62(100)93(10)57(35-45(3)4)67(102)88-65/h19,23-24,26-27,36-37,45,47,50,52,55-60,65-66H,13-18,20-22,25,28-35,38-44H2,1-12H3,(H,87,99)(H,88,102)(H,89,103)/b46-19-/t47-,52+,55-,56-,57-,58-,59-,60-,65-,66+/m0/s1. The van der Waals surface area contributed by atoms with E-state index in [0.717, 1.165) is 65.6 Å². The van der Waals surface area contributed by atoms with Crippen molar-refractivity contribution < 1.29 is 102 Å². The van der Waals surface area contributed by atoms with Gasteiger partial charge in [-0.05, 0) is 131 Å². The lowest BCUT2D eigenvalue weighted by atomic mass is 9.74. The Bertz CT molecular complexity index is 3790. The molecule has 0 aromatic heterocycles. The maximum atomic E-state index is 15.7. The third kappa shape index (κ3) is 21.1. The van der Waals surface area contributed by atoms with Gasteiger partial charge in [0, 0.05) is 87.9 Å². The Balaban J connectivity index is 1.24. The maximum absolute atomic E-state index is 15.7. The van der Waals surface area contributed by atoms with Gasteiger partial charge >= 0.3 is 12.4 Å². The fourth-order valence-electron chi connectivity index (χ4n) is 16.0. The number of ether oxygens (including phenoxy) is 2. The van der Waals surface area contributed by atoms with Crippen molar-refractivity contribution >= 4 is 70.9 Å². The van der Waals surface area contributed by atoms with Gasteiger partial charge in [-0.25, -0.2) is 8.78 Å². The predicted octanol–water partition coefficient (Wildman–Crippen LogP) is 5.90. The molecule has 4 aliphatic heterocycles. The molecule has 5 fully saturated rings. The van der Waals surface area contributed by atoms with Gasteiger partial charge in [-0.1, -0.05) is 70.7 Å². The van der Waals surface area contributed by atoms with E-state index < -0.39 is 222 Å². The van der Waals surface area contributed by atoms with Crippen LogP contribution in [-0.2, 0) is 92.2 Å². The summed E-state index contributed by atoms with van der Waals surface area (Å²) in [5.74, 6) is -15.3. The number of alkyl halides is 6. The number of aryl methyl sites for hydroxylation is 1. The molecule has 10 atom stereocenters. The number of allylic oxidation sites excluding steroid dienone is 1. The molecule has 4 heterocycles. The Morgan fingerprint density at radius 1 is 0.661 bits per heavy atom. The highest BCUT2D eigenvalue weighted by Crippen LogP contribution is 2.40. The molecule has 620 valence electrons. The van der Waals surface area contributed by atoms with E-state index in [1.54, 1.807) is 33.8 Å². The topological polar surface area (TPSA) is 289 Å². The van der Waals surface area contributed by atoms with Crippen molar-refractivity contribution in [2.75, 3.05) is 101 Å². The molecule has 2 aromatic carbocycles. The van der Waals surface area contributed by atoms with E-state index in [4.69, 9.17) is 9.47 Å². The van der Waals surface area contributed by atoms with Gasteiger partial charge in [0.2, 0.25) is 70.9 Å². The number of carbonyl (C=O) groups excluding carboxylic acids is 12. The summed E-state index contributed by atoms with van der Waals surface area (Å²) in [4.78, 5) is 193. The number of morpholine rings is 1. The third-order valence-corrected chi connectivity index (χ3v) is 22.9. The first-order valence-electron chi connectivity index (χ1n) is 38.6. The van der Waals surface area contributed by atoms with Gasteiger partial charge in [0.05, 0.1) is 44.4 Å². The van der Waals surface area contributed by atoms with E-state index in [-0.39, 0.29) is 96.0 Å². The molecule has 2 bridgehead atoms. The van der Waals surface area contributed by atoms with Gasteiger partial charge in [0.25, 0.3) is 0 Å². The highest BCUT2D eigenvalue weighted by molar-refractivity contribution is 6.01. The molecule has 26 nitrogen and oxygen atoms in total. The summed E-state index contributed by atoms with van der Waals surface area (Å²) >= 11 is 0. The number of benzene rings is 2. The molecule has 1 spiro atoms. The Kier molecular flexibility index (Phi) is 30.0. The van der Waals surface area contributed by atoms with E-state index in [0.29, 0.717) is 56.2 Å². The lowest BCUT2D eigenvalue weighted by Crippen LogP contribution is -2.68. The summed E-state index contributed by atoms with van der Waals surface area (Å²) in [5.41, 5.74) is -4.73. The summed E-state index contributed by atoms with van der Waals surface area (Å²) in [6, 6.07) is -7.36. The van der Waals surface area contributed by atoms with Crippen LogP contribution in [0.3, 0.4) is 0 Å². The average molecular weight is 1590 g/mol. The first-order valence-corrected chi connectivity index (χ1v) is 38.6. The number of nitrogens with one attached hydrogen (secondary N) is 3. The first-order chi connectivity index (χ1) is 52.6. The first kappa shape index (κ1) is 88.7. The van der Waals surface area contributed by atoms with Crippen LogP contribution in [0.5, 0.6) is 0 Å². The molecule has 2 saturated carbocycles. The summed E-state index contributed by atoms with van der Waals surface area (Å²) in [6.45, 7) is 8.58. The van der Waals surface area contributed by atoms with E-state index in [9.17, 15) is 40.7 Å². The summed E-state index contributed by atoms with van der Waals surface area (Å²) in [6.07, 6.45) is -8.87. The van der Waals surface area contributed by atoms with Crippen LogP contribution in [0.1, 0.15) is 154 Å². The molecule has 8 rings (SSSR count). The SMILES string of the molecule is CCO[C@@H]1C[C@H]2C(=O)NC3(CCC3)C(=O)N(C)[C@H](C3CCCC3)C(=O)N(C)[C@H](C(=O)N3CCOCC3)CC(=O)N(C)[C@@H](CC(C)C)C(=O)N[C@@H]([C@@H](C)CC)C(=O)N(C)CC(=O)N(C)[C@H]3CC/C=C(/C)CN(C3=O)[C@@H](Cc3ccc(C(F)(F)F)cc3)C(=O)N(C)CC(=O)N[C@@H](CCc3cc(F)c(C(F)(F)F)c(F)c3)C(=O)N2C1. The number of amides is 12. The molecule has 2 aliphatic carbocycles. The van der Waals surface area contributed by atoms with Crippen LogP contribution in [0.2, 0.25) is 0 Å². The van der Waals surface area contributed by atoms with E-state index in [1.807, 2.05) is 13.8 Å². The second kappa shape index (κ2) is 37.9. The number of rotatable bonds is 13. The van der Waals surface area contributed by atoms with Crippen molar-refractivity contribution in [1.29, 1.82) is 0 Å². The normalized spacial score (nSPS) is 26.7. The Hall–Kier alpha value is -8.82. The fourth-order valence-corrected chi connectivity index (χ4v) is 16.0. The quantitative estimate of drug-likeness (QED) is 0.156. The average Bonchev–Trinajstić information content (AvgIpc) is 1.08. The third-order valence-electron chi connectivity index (χ3n) is 22.9. The molecule has 3 saturated heterocycles. The van der Waals surface area contributed by atoms with Gasteiger partial charge in [-0.3, -0.25) is 57.5 Å². The largest absolute Gasteiger partial charge is 0.422 e. The Morgan fingerprint density at radius 3 is 1.86 bits per heavy atom. The highest BCUT2D eigenvalue weighted by Gasteiger charge is 2.54. The molecule has 0 unspecified atom stereocenters. The minimum absolute atomic E-state index is 0.0296. The van der Waals surface area contributed by atoms with Crippen LogP contribution in [0.15, 0.2) is 48.0 Å². The molecule has 12 amide bonds. The van der Waals surface area contributed by atoms with Gasteiger partial charge in [0.15, 0.2) is 0 Å².